The van der Waals surface area contributed by atoms with Gasteiger partial charge < -0.3 is 5.32 Å². The van der Waals surface area contributed by atoms with Crippen molar-refractivity contribution in [1.82, 2.24) is 0 Å². The number of hydrogen-bond donors (Lipinski definition) is 1. The third kappa shape index (κ3) is 4.48. The lowest BCUT2D eigenvalue weighted by Gasteiger charge is -2.24. The molecule has 0 aliphatic rings. The van der Waals surface area contributed by atoms with Gasteiger partial charge in [-0.25, -0.2) is 8.78 Å². The second kappa shape index (κ2) is 6.19. The standard InChI is InChI=1S/C7H3B3ClF2N.C2H6/c8-7(9,10)14-4-2-1-3(12)5(11)6(4)13;1-2/h1-2,14H;1-2H3. The summed E-state index contributed by atoms with van der Waals surface area (Å²) in [6, 6.07) is 2.07. The fraction of sp³-hybridized carbons (Fsp3) is 0.333. The Morgan fingerprint density at radius 1 is 1.19 bits per heavy atom. The maximum atomic E-state index is 13.2. The lowest BCUT2D eigenvalue weighted by molar-refractivity contribution is 0.586. The summed E-state index contributed by atoms with van der Waals surface area (Å²) in [5, 5.41) is -0.205. The number of nitrogens with one attached hydrogen (secondary N) is 1. The molecule has 0 unspecified atom stereocenters. The summed E-state index contributed by atoms with van der Waals surface area (Å²) in [6.07, 6.45) is 0. The Morgan fingerprint density at radius 3 is 2.12 bits per heavy atom. The second-order valence-corrected chi connectivity index (χ2v) is 3.16. The first-order valence-electron chi connectivity index (χ1n) is 4.59. The van der Waals surface area contributed by atoms with Crippen molar-refractivity contribution >= 4 is 40.8 Å². The number of rotatable bonds is 2. The fourth-order valence-electron chi connectivity index (χ4n) is 0.856. The Kier molecular flexibility index (Phi) is 5.94. The van der Waals surface area contributed by atoms with Crippen LogP contribution in [0, 0.1) is 11.6 Å². The summed E-state index contributed by atoms with van der Waals surface area (Å²) >= 11 is 5.30. The molecule has 0 saturated heterocycles. The van der Waals surface area contributed by atoms with Crippen molar-refractivity contribution in [3.63, 3.8) is 0 Å². The molecule has 16 heavy (non-hydrogen) atoms. The first-order valence-corrected chi connectivity index (χ1v) is 4.97. The molecule has 0 spiro atoms. The van der Waals surface area contributed by atoms with Crippen LogP contribution in [0.2, 0.25) is 5.02 Å². The van der Waals surface area contributed by atoms with Crippen LogP contribution in [0.15, 0.2) is 12.1 Å². The Hall–Kier alpha value is -0.635. The fourth-order valence-corrected chi connectivity index (χ4v) is 1.02. The van der Waals surface area contributed by atoms with E-state index in [1.54, 1.807) is 0 Å². The summed E-state index contributed by atoms with van der Waals surface area (Å²) in [4.78, 5) is 0. The molecule has 1 aromatic carbocycles. The van der Waals surface area contributed by atoms with Gasteiger partial charge in [-0.05, 0) is 12.1 Å². The first kappa shape index (κ1) is 15.4. The molecule has 0 fully saturated rings. The zero-order valence-electron chi connectivity index (χ0n) is 9.02. The van der Waals surface area contributed by atoms with E-state index in [0.29, 0.717) is 0 Å². The zero-order chi connectivity index (χ0) is 12.9. The maximum absolute atomic E-state index is 13.2. The van der Waals surface area contributed by atoms with E-state index >= 15 is 0 Å². The molecule has 0 bridgehead atoms. The van der Waals surface area contributed by atoms with Crippen LogP contribution in [0.25, 0.3) is 0 Å². The van der Waals surface area contributed by atoms with Crippen LogP contribution in [-0.4, -0.2) is 28.8 Å². The molecular weight excluding hydrogens is 228 g/mol. The van der Waals surface area contributed by atoms with Crippen molar-refractivity contribution in [2.45, 2.75) is 19.1 Å². The van der Waals surface area contributed by atoms with Gasteiger partial charge in [0, 0.05) is 0 Å². The number of benzene rings is 1. The van der Waals surface area contributed by atoms with Crippen molar-refractivity contribution in [3.05, 3.63) is 28.8 Å². The van der Waals surface area contributed by atoms with E-state index < -0.39 is 21.9 Å². The summed E-state index contributed by atoms with van der Waals surface area (Å²) in [6.45, 7) is 4.00. The second-order valence-electron chi connectivity index (χ2n) is 2.78. The molecule has 1 N–H and O–H groups in total. The molecule has 0 aliphatic carbocycles. The summed E-state index contributed by atoms with van der Waals surface area (Å²) in [7, 11) is 15.5. The van der Waals surface area contributed by atoms with Gasteiger partial charge in [0.05, 0.1) is 29.2 Å². The summed E-state index contributed by atoms with van der Waals surface area (Å²) < 4.78 is 25.9. The highest BCUT2D eigenvalue weighted by Crippen LogP contribution is 2.26. The van der Waals surface area contributed by atoms with Crippen molar-refractivity contribution in [2.75, 3.05) is 5.32 Å². The summed E-state index contributed by atoms with van der Waals surface area (Å²) in [5.41, 5.74) is -0.163. The minimum atomic E-state index is -1.79. The predicted molar refractivity (Wildman–Crippen MR) is 66.3 cm³/mol. The van der Waals surface area contributed by atoms with Gasteiger partial charge >= 0.3 is 0 Å². The first-order chi connectivity index (χ1) is 7.31. The van der Waals surface area contributed by atoms with Crippen molar-refractivity contribution in [3.8, 4) is 0 Å². The molecule has 6 radical (unpaired) electrons. The topological polar surface area (TPSA) is 12.0 Å². The van der Waals surface area contributed by atoms with Crippen LogP contribution in [0.3, 0.4) is 0 Å². The van der Waals surface area contributed by atoms with Crippen LogP contribution in [-0.2, 0) is 0 Å². The molecule has 80 valence electrons. The lowest BCUT2D eigenvalue weighted by atomic mass is 9.49. The maximum Gasteiger partial charge on any atom is 0.167 e. The van der Waals surface area contributed by atoms with E-state index in [-0.39, 0.29) is 5.69 Å². The van der Waals surface area contributed by atoms with Gasteiger partial charge in [-0.3, -0.25) is 0 Å². The van der Waals surface area contributed by atoms with E-state index in [2.05, 4.69) is 5.32 Å². The summed E-state index contributed by atoms with van der Waals surface area (Å²) in [5.74, 6) is -1.86. The average molecular weight is 237 g/mol. The predicted octanol–water partition coefficient (Wildman–Crippen LogP) is 2.17. The Balaban J connectivity index is 0.00000106. The van der Waals surface area contributed by atoms with Crippen LogP contribution in [0.4, 0.5) is 14.5 Å². The van der Waals surface area contributed by atoms with Crippen LogP contribution in [0.5, 0.6) is 0 Å². The SMILES string of the molecule is CC.[B]C([B])([B])Nc1ccc(F)c(Cl)c1F. The third-order valence-electron chi connectivity index (χ3n) is 1.39. The van der Waals surface area contributed by atoms with Gasteiger partial charge in [-0.15, -0.1) is 0 Å². The van der Waals surface area contributed by atoms with Gasteiger partial charge in [0.25, 0.3) is 0 Å². The quantitative estimate of drug-likeness (QED) is 0.614. The van der Waals surface area contributed by atoms with Gasteiger partial charge in [-0.1, -0.05) is 30.7 Å². The van der Waals surface area contributed by atoms with E-state index in [1.165, 1.54) is 0 Å². The minimum Gasteiger partial charge on any atom is -0.402 e. The zero-order valence-corrected chi connectivity index (χ0v) is 9.78. The highest BCUT2D eigenvalue weighted by atomic mass is 35.5. The Labute approximate surface area is 103 Å². The molecule has 0 aliphatic heterocycles. The number of hydrogen-bond acceptors (Lipinski definition) is 1. The van der Waals surface area contributed by atoms with E-state index in [9.17, 15) is 8.78 Å². The van der Waals surface area contributed by atoms with Crippen molar-refractivity contribution in [2.24, 2.45) is 0 Å². The lowest BCUT2D eigenvalue weighted by Crippen LogP contribution is -2.40. The average Bonchev–Trinajstić information content (AvgIpc) is 2.21. The van der Waals surface area contributed by atoms with Gasteiger partial charge in [-0.2, -0.15) is 0 Å². The molecule has 1 aromatic rings. The smallest absolute Gasteiger partial charge is 0.167 e. The molecule has 0 atom stereocenters. The van der Waals surface area contributed by atoms with Crippen LogP contribution >= 0.6 is 11.6 Å². The number of halogens is 3. The molecule has 0 amide bonds. The molecule has 0 aromatic heterocycles. The number of anilines is 1. The van der Waals surface area contributed by atoms with E-state index in [1.807, 2.05) is 13.8 Å². The van der Waals surface area contributed by atoms with Gasteiger partial charge in [0.2, 0.25) is 0 Å². The highest BCUT2D eigenvalue weighted by molar-refractivity contribution is 6.60. The highest BCUT2D eigenvalue weighted by Gasteiger charge is 2.15. The normalized spacial score (nSPS) is 10.3. The molecular formula is C9H9B3ClF2N. The molecule has 0 heterocycles. The van der Waals surface area contributed by atoms with Crippen molar-refractivity contribution < 1.29 is 8.78 Å². The molecule has 7 heteroatoms. The van der Waals surface area contributed by atoms with Crippen molar-refractivity contribution in [1.29, 1.82) is 0 Å². The van der Waals surface area contributed by atoms with Crippen LogP contribution in [0.1, 0.15) is 13.8 Å². The Morgan fingerprint density at radius 2 is 1.69 bits per heavy atom. The largest absolute Gasteiger partial charge is 0.402 e. The van der Waals surface area contributed by atoms with Crippen LogP contribution < -0.4 is 5.32 Å². The monoisotopic (exact) mass is 237 g/mol. The molecule has 1 nitrogen and oxygen atoms in total. The molecule has 0 saturated carbocycles. The minimum absolute atomic E-state index is 0.163. The van der Waals surface area contributed by atoms with E-state index in [0.717, 1.165) is 12.1 Å². The Bertz CT molecular complexity index is 355. The van der Waals surface area contributed by atoms with Gasteiger partial charge in [0.1, 0.15) is 10.8 Å². The van der Waals surface area contributed by atoms with E-state index in [4.69, 9.17) is 35.1 Å². The molecule has 1 rings (SSSR count). The van der Waals surface area contributed by atoms with Gasteiger partial charge in [0.15, 0.2) is 5.82 Å². The third-order valence-corrected chi connectivity index (χ3v) is 1.73.